The standard InChI is InChI=1S/C32H31ClN6O3S/c1-21-12-13-25-26(9-3-11-29(25)39-43(40,41)20-22-6-2-7-23(33)18-22)30(21)42-31-27(10-5-16-35-31)28-14-17-36-32(38-28)37-24-8-4-15-34-19-24/h2-3,5-7,9-14,16-18,24,34,39H,4,8,15,19-20H2,1H3,(H,36,37,38). The molecule has 1 aliphatic heterocycles. The first-order valence-electron chi connectivity index (χ1n) is 14.1. The Hall–Kier alpha value is -4.25. The fourth-order valence-electron chi connectivity index (χ4n) is 5.21. The van der Waals surface area contributed by atoms with E-state index in [1.165, 1.54) is 0 Å². The molecule has 1 saturated heterocycles. The summed E-state index contributed by atoms with van der Waals surface area (Å²) in [6, 6.07) is 21.9. The molecule has 0 bridgehead atoms. The van der Waals surface area contributed by atoms with Gasteiger partial charge in [-0.3, -0.25) is 4.72 Å². The second-order valence-corrected chi connectivity index (χ2v) is 12.7. The Balaban J connectivity index is 1.30. The lowest BCUT2D eigenvalue weighted by atomic mass is 10.0. The van der Waals surface area contributed by atoms with Crippen LogP contribution in [-0.4, -0.2) is 42.5 Å². The van der Waals surface area contributed by atoms with Crippen molar-refractivity contribution < 1.29 is 13.2 Å². The molecule has 1 aliphatic rings. The first kappa shape index (κ1) is 28.9. The van der Waals surface area contributed by atoms with Crippen molar-refractivity contribution in [2.45, 2.75) is 31.6 Å². The highest BCUT2D eigenvalue weighted by atomic mass is 35.5. The molecule has 220 valence electrons. The van der Waals surface area contributed by atoms with E-state index in [0.717, 1.165) is 36.9 Å². The zero-order valence-electron chi connectivity index (χ0n) is 23.5. The topological polar surface area (TPSA) is 118 Å². The van der Waals surface area contributed by atoms with Crippen LogP contribution >= 0.6 is 11.6 Å². The first-order chi connectivity index (χ1) is 20.8. The summed E-state index contributed by atoms with van der Waals surface area (Å²) in [7, 11) is -3.72. The third kappa shape index (κ3) is 6.88. The van der Waals surface area contributed by atoms with Crippen LogP contribution in [0.25, 0.3) is 22.0 Å². The number of piperidine rings is 1. The van der Waals surface area contributed by atoms with Gasteiger partial charge in [-0.2, -0.15) is 0 Å². The molecule has 1 atom stereocenters. The van der Waals surface area contributed by atoms with Gasteiger partial charge in [0, 0.05) is 40.8 Å². The molecule has 9 nitrogen and oxygen atoms in total. The lowest BCUT2D eigenvalue weighted by Crippen LogP contribution is -2.38. The zero-order valence-corrected chi connectivity index (χ0v) is 25.1. The number of pyridine rings is 1. The van der Waals surface area contributed by atoms with Crippen molar-refractivity contribution in [2.24, 2.45) is 0 Å². The fourth-order valence-corrected chi connectivity index (χ4v) is 6.63. The summed E-state index contributed by atoms with van der Waals surface area (Å²) < 4.78 is 35.5. The van der Waals surface area contributed by atoms with Crippen LogP contribution in [0.5, 0.6) is 11.6 Å². The Kier molecular flexibility index (Phi) is 8.42. The van der Waals surface area contributed by atoms with Crippen LogP contribution in [0.3, 0.4) is 0 Å². The first-order valence-corrected chi connectivity index (χ1v) is 16.1. The number of halogens is 1. The number of fused-ring (bicyclic) bond motifs is 1. The van der Waals surface area contributed by atoms with E-state index in [2.05, 4.69) is 25.3 Å². The van der Waals surface area contributed by atoms with Crippen molar-refractivity contribution in [3.8, 4) is 22.9 Å². The van der Waals surface area contributed by atoms with E-state index in [9.17, 15) is 8.42 Å². The molecule has 11 heteroatoms. The molecule has 0 aliphatic carbocycles. The van der Waals surface area contributed by atoms with E-state index in [4.69, 9.17) is 21.3 Å². The lowest BCUT2D eigenvalue weighted by Gasteiger charge is -2.23. The smallest absolute Gasteiger partial charge is 0.236 e. The van der Waals surface area contributed by atoms with Crippen molar-refractivity contribution in [3.63, 3.8) is 0 Å². The van der Waals surface area contributed by atoms with E-state index in [-0.39, 0.29) is 11.8 Å². The molecule has 3 N–H and O–H groups in total. The molecule has 0 saturated carbocycles. The molecular formula is C32H31ClN6O3S. The molecule has 0 amide bonds. The van der Waals surface area contributed by atoms with Crippen LogP contribution in [0.1, 0.15) is 24.0 Å². The Morgan fingerprint density at radius 2 is 1.88 bits per heavy atom. The van der Waals surface area contributed by atoms with Crippen LogP contribution in [0.2, 0.25) is 5.02 Å². The molecular weight excluding hydrogens is 584 g/mol. The van der Waals surface area contributed by atoms with E-state index in [1.54, 1.807) is 48.8 Å². The molecule has 43 heavy (non-hydrogen) atoms. The highest BCUT2D eigenvalue weighted by Gasteiger charge is 2.19. The van der Waals surface area contributed by atoms with Gasteiger partial charge in [-0.05, 0) is 73.8 Å². The molecule has 5 aromatic rings. The van der Waals surface area contributed by atoms with Crippen molar-refractivity contribution in [2.75, 3.05) is 23.1 Å². The van der Waals surface area contributed by atoms with Gasteiger partial charge in [-0.1, -0.05) is 48.0 Å². The molecule has 0 spiro atoms. The Morgan fingerprint density at radius 3 is 2.72 bits per heavy atom. The average molecular weight is 615 g/mol. The van der Waals surface area contributed by atoms with Crippen LogP contribution in [-0.2, 0) is 15.8 Å². The summed E-state index contributed by atoms with van der Waals surface area (Å²) >= 11 is 6.06. The molecule has 3 aromatic carbocycles. The number of ether oxygens (including phenoxy) is 1. The molecule has 3 heterocycles. The van der Waals surface area contributed by atoms with E-state index < -0.39 is 10.0 Å². The molecule has 1 unspecified atom stereocenters. The van der Waals surface area contributed by atoms with Gasteiger partial charge in [0.05, 0.1) is 22.7 Å². The van der Waals surface area contributed by atoms with Gasteiger partial charge in [-0.15, -0.1) is 0 Å². The highest BCUT2D eigenvalue weighted by molar-refractivity contribution is 7.91. The summed E-state index contributed by atoms with van der Waals surface area (Å²) in [5.41, 5.74) is 3.31. The van der Waals surface area contributed by atoms with E-state index >= 15 is 0 Å². The highest BCUT2D eigenvalue weighted by Crippen LogP contribution is 2.39. The van der Waals surface area contributed by atoms with Gasteiger partial charge in [0.15, 0.2) is 0 Å². The Bertz CT molecular complexity index is 1880. The largest absolute Gasteiger partial charge is 0.437 e. The van der Waals surface area contributed by atoms with Gasteiger partial charge in [0.2, 0.25) is 21.9 Å². The number of aromatic nitrogens is 3. The number of benzene rings is 3. The monoisotopic (exact) mass is 614 g/mol. The number of hydrogen-bond donors (Lipinski definition) is 3. The second-order valence-electron chi connectivity index (χ2n) is 10.5. The number of aryl methyl sites for hydroxylation is 1. The summed E-state index contributed by atoms with van der Waals surface area (Å²) in [6.45, 7) is 3.84. The quantitative estimate of drug-likeness (QED) is 0.171. The van der Waals surface area contributed by atoms with Gasteiger partial charge in [-0.25, -0.2) is 23.4 Å². The van der Waals surface area contributed by atoms with Crippen molar-refractivity contribution >= 4 is 44.0 Å². The van der Waals surface area contributed by atoms with Gasteiger partial charge < -0.3 is 15.4 Å². The zero-order chi connectivity index (χ0) is 29.8. The average Bonchev–Trinajstić information content (AvgIpc) is 2.99. The lowest BCUT2D eigenvalue weighted by molar-refractivity contribution is 0.466. The Labute approximate surface area is 255 Å². The SMILES string of the molecule is Cc1ccc2c(NS(=O)(=O)Cc3cccc(Cl)c3)cccc2c1Oc1ncccc1-c1ccnc(NC2CCCNC2)n1. The molecule has 1 fully saturated rings. The maximum Gasteiger partial charge on any atom is 0.236 e. The predicted molar refractivity (Wildman–Crippen MR) is 171 cm³/mol. The maximum absolute atomic E-state index is 13.1. The molecule has 0 radical (unpaired) electrons. The minimum Gasteiger partial charge on any atom is -0.437 e. The Morgan fingerprint density at radius 1 is 1.00 bits per heavy atom. The minimum absolute atomic E-state index is 0.205. The molecule has 6 rings (SSSR count). The number of nitrogens with zero attached hydrogens (tertiary/aromatic N) is 3. The van der Waals surface area contributed by atoms with Crippen LogP contribution in [0.4, 0.5) is 11.6 Å². The third-order valence-corrected chi connectivity index (χ3v) is 8.73. The van der Waals surface area contributed by atoms with Crippen molar-refractivity contribution in [1.29, 1.82) is 0 Å². The molecule has 2 aromatic heterocycles. The van der Waals surface area contributed by atoms with Crippen LogP contribution in [0, 0.1) is 6.92 Å². The van der Waals surface area contributed by atoms with Crippen LogP contribution < -0.4 is 20.1 Å². The third-order valence-electron chi connectivity index (χ3n) is 7.25. The normalized spacial score (nSPS) is 15.3. The number of sulfonamides is 1. The minimum atomic E-state index is -3.72. The summed E-state index contributed by atoms with van der Waals surface area (Å²) in [4.78, 5) is 13.7. The van der Waals surface area contributed by atoms with Crippen LogP contribution in [0.15, 0.2) is 85.2 Å². The summed E-state index contributed by atoms with van der Waals surface area (Å²) in [5, 5.41) is 8.75. The number of hydrogen-bond acceptors (Lipinski definition) is 8. The van der Waals surface area contributed by atoms with Crippen molar-refractivity contribution in [1.82, 2.24) is 20.3 Å². The summed E-state index contributed by atoms with van der Waals surface area (Å²) in [5.74, 6) is 1.31. The second kappa shape index (κ2) is 12.5. The fraction of sp³-hybridized carbons (Fsp3) is 0.219. The van der Waals surface area contributed by atoms with Crippen molar-refractivity contribution in [3.05, 3.63) is 101 Å². The summed E-state index contributed by atoms with van der Waals surface area (Å²) in [6.07, 6.45) is 5.56. The van der Waals surface area contributed by atoms with E-state index in [1.807, 2.05) is 43.3 Å². The maximum atomic E-state index is 13.1. The van der Waals surface area contributed by atoms with Gasteiger partial charge >= 0.3 is 0 Å². The van der Waals surface area contributed by atoms with Gasteiger partial charge in [0.25, 0.3) is 0 Å². The predicted octanol–water partition coefficient (Wildman–Crippen LogP) is 6.55. The van der Waals surface area contributed by atoms with E-state index in [0.29, 0.717) is 50.5 Å². The number of anilines is 2. The number of rotatable bonds is 9. The van der Waals surface area contributed by atoms with Gasteiger partial charge in [0.1, 0.15) is 5.75 Å². The number of nitrogens with one attached hydrogen (secondary N) is 3.